The summed E-state index contributed by atoms with van der Waals surface area (Å²) in [6.07, 6.45) is 10.3. The fourth-order valence-electron chi connectivity index (χ4n) is 4.07. The summed E-state index contributed by atoms with van der Waals surface area (Å²) >= 11 is 6.20. The van der Waals surface area contributed by atoms with Gasteiger partial charge >= 0.3 is 0 Å². The molecule has 0 unspecified atom stereocenters. The summed E-state index contributed by atoms with van der Waals surface area (Å²) in [6.45, 7) is 0. The van der Waals surface area contributed by atoms with Gasteiger partial charge in [0.2, 0.25) is 0 Å². The van der Waals surface area contributed by atoms with Crippen LogP contribution in [0.15, 0.2) is 115 Å². The number of allylic oxidation sites excluding steroid dienone is 6. The summed E-state index contributed by atoms with van der Waals surface area (Å²) in [7, 11) is 0. The monoisotopic (exact) mass is 352 g/mol. The first-order chi connectivity index (χ1) is 12.8. The minimum absolute atomic E-state index is 0.749. The molecule has 1 aliphatic rings. The van der Waals surface area contributed by atoms with Crippen molar-refractivity contribution in [1.82, 2.24) is 0 Å². The molecule has 0 atom stereocenters. The van der Waals surface area contributed by atoms with Crippen molar-refractivity contribution in [2.24, 2.45) is 0 Å². The van der Waals surface area contributed by atoms with E-state index in [2.05, 4.69) is 97.1 Å². The van der Waals surface area contributed by atoms with Gasteiger partial charge in [-0.3, -0.25) is 0 Å². The summed E-state index contributed by atoms with van der Waals surface area (Å²) in [6, 6.07) is 29.7. The number of hydrogen-bond acceptors (Lipinski definition) is 0. The molecule has 2 heteroatoms. The van der Waals surface area contributed by atoms with Crippen LogP contribution in [0.5, 0.6) is 0 Å². The van der Waals surface area contributed by atoms with Gasteiger partial charge in [0.05, 0.1) is 6.08 Å². The van der Waals surface area contributed by atoms with Crippen LogP contribution in [0, 0.1) is 6.08 Å². The van der Waals surface area contributed by atoms with E-state index in [0.717, 1.165) is 5.02 Å². The fraction of sp³-hybridized carbons (Fsp3) is 0. The average molecular weight is 353 g/mol. The highest BCUT2D eigenvalue weighted by molar-refractivity contribution is 7.16. The lowest BCUT2D eigenvalue weighted by Crippen LogP contribution is -2.68. The summed E-state index contributed by atoms with van der Waals surface area (Å²) in [5, 5.41) is 0.749. The SMILES string of the molecule is Clc1ccc([B-](C2=CC=C[C+]=C2)(c2ccccc2)c2ccccc2)cc1. The Kier molecular flexibility index (Phi) is 4.58. The van der Waals surface area contributed by atoms with Crippen molar-refractivity contribution in [3.8, 4) is 0 Å². The van der Waals surface area contributed by atoms with Crippen molar-refractivity contribution in [2.45, 2.75) is 0 Å². The highest BCUT2D eigenvalue weighted by Gasteiger charge is 2.37. The minimum atomic E-state index is -1.32. The Morgan fingerprint density at radius 1 is 0.654 bits per heavy atom. The van der Waals surface area contributed by atoms with Gasteiger partial charge in [-0.05, 0) is 12.1 Å². The summed E-state index contributed by atoms with van der Waals surface area (Å²) in [5.41, 5.74) is 5.04. The van der Waals surface area contributed by atoms with Crippen LogP contribution in [0.4, 0.5) is 0 Å². The lowest BCUT2D eigenvalue weighted by Gasteiger charge is -2.41. The lowest BCUT2D eigenvalue weighted by molar-refractivity contribution is 1.61. The van der Waals surface area contributed by atoms with Crippen LogP contribution in [0.2, 0.25) is 5.02 Å². The van der Waals surface area contributed by atoms with Crippen LogP contribution in [0.25, 0.3) is 0 Å². The number of rotatable bonds is 4. The van der Waals surface area contributed by atoms with Crippen LogP contribution in [0.3, 0.4) is 0 Å². The van der Waals surface area contributed by atoms with Crippen molar-refractivity contribution in [2.75, 3.05) is 0 Å². The summed E-state index contributed by atoms with van der Waals surface area (Å²) in [5.74, 6) is 0. The van der Waals surface area contributed by atoms with Crippen molar-refractivity contribution >= 4 is 34.1 Å². The van der Waals surface area contributed by atoms with Gasteiger partial charge in [-0.15, -0.1) is 0 Å². The molecule has 3 aromatic rings. The first-order valence-corrected chi connectivity index (χ1v) is 9.19. The van der Waals surface area contributed by atoms with E-state index in [0.29, 0.717) is 0 Å². The first-order valence-electron chi connectivity index (χ1n) is 8.81. The second-order valence-electron chi connectivity index (χ2n) is 6.58. The molecule has 0 N–H and O–H groups in total. The van der Waals surface area contributed by atoms with Crippen molar-refractivity contribution in [3.05, 3.63) is 126 Å². The largest absolute Gasteiger partial charge is 0.181 e. The van der Waals surface area contributed by atoms with Gasteiger partial charge in [0.25, 0.3) is 0 Å². The van der Waals surface area contributed by atoms with Gasteiger partial charge in [0, 0.05) is 23.3 Å². The Morgan fingerprint density at radius 2 is 1.19 bits per heavy atom. The van der Waals surface area contributed by atoms with Gasteiger partial charge in [0.1, 0.15) is 6.08 Å². The quantitative estimate of drug-likeness (QED) is 0.487. The van der Waals surface area contributed by atoms with Crippen molar-refractivity contribution in [1.29, 1.82) is 0 Å². The summed E-state index contributed by atoms with van der Waals surface area (Å²) < 4.78 is 0. The maximum Gasteiger partial charge on any atom is 0.171 e. The van der Waals surface area contributed by atoms with Crippen molar-refractivity contribution < 1.29 is 0 Å². The van der Waals surface area contributed by atoms with Gasteiger partial charge in [-0.1, -0.05) is 89.9 Å². The zero-order valence-corrected chi connectivity index (χ0v) is 15.1. The molecule has 0 fully saturated rings. The molecular formula is C24H18BCl. The third-order valence-corrected chi connectivity index (χ3v) is 5.45. The molecule has 26 heavy (non-hydrogen) atoms. The predicted molar refractivity (Wildman–Crippen MR) is 114 cm³/mol. The maximum atomic E-state index is 6.20. The molecule has 0 saturated carbocycles. The second-order valence-corrected chi connectivity index (χ2v) is 7.01. The van der Waals surface area contributed by atoms with E-state index in [9.17, 15) is 0 Å². The van der Waals surface area contributed by atoms with Crippen LogP contribution >= 0.6 is 11.6 Å². The molecule has 124 valence electrons. The van der Waals surface area contributed by atoms with Crippen LogP contribution in [-0.2, 0) is 0 Å². The van der Waals surface area contributed by atoms with Crippen molar-refractivity contribution in [3.63, 3.8) is 0 Å². The molecule has 1 aliphatic carbocycles. The highest BCUT2D eigenvalue weighted by Crippen LogP contribution is 2.21. The molecule has 0 aliphatic heterocycles. The van der Waals surface area contributed by atoms with Crippen LogP contribution in [0.1, 0.15) is 0 Å². The number of hydrogen-bond donors (Lipinski definition) is 0. The van der Waals surface area contributed by atoms with Gasteiger partial charge < -0.3 is 0 Å². The highest BCUT2D eigenvalue weighted by atomic mass is 35.5. The molecule has 4 rings (SSSR count). The molecule has 0 nitrogen and oxygen atoms in total. The average Bonchev–Trinajstić information content (AvgIpc) is 2.72. The maximum absolute atomic E-state index is 6.20. The molecule has 0 amide bonds. The summed E-state index contributed by atoms with van der Waals surface area (Å²) in [4.78, 5) is 0. The lowest BCUT2D eigenvalue weighted by atomic mass is 9.12. The van der Waals surface area contributed by atoms with Crippen LogP contribution in [-0.4, -0.2) is 6.15 Å². The topological polar surface area (TPSA) is 0 Å². The third kappa shape index (κ3) is 2.82. The molecule has 0 saturated heterocycles. The number of benzene rings is 3. The molecule has 0 spiro atoms. The zero-order chi connectivity index (χ0) is 17.8. The zero-order valence-electron chi connectivity index (χ0n) is 14.3. The Morgan fingerprint density at radius 3 is 1.69 bits per heavy atom. The Balaban J connectivity index is 2.10. The molecule has 0 aromatic heterocycles. The molecular weight excluding hydrogens is 335 g/mol. The van der Waals surface area contributed by atoms with E-state index in [4.69, 9.17) is 11.6 Å². The Hall–Kier alpha value is -2.86. The second kappa shape index (κ2) is 7.18. The Bertz CT molecular complexity index is 928. The Labute approximate surface area is 160 Å². The normalized spacial score (nSPS) is 13.2. The van der Waals surface area contributed by atoms with E-state index >= 15 is 0 Å². The van der Waals surface area contributed by atoms with E-state index in [1.165, 1.54) is 21.9 Å². The van der Waals surface area contributed by atoms with Gasteiger partial charge in [-0.25, -0.2) is 0 Å². The molecule has 3 aromatic carbocycles. The minimum Gasteiger partial charge on any atom is -0.181 e. The molecule has 0 bridgehead atoms. The van der Waals surface area contributed by atoms with Crippen LogP contribution < -0.4 is 16.4 Å². The molecule has 0 heterocycles. The standard InChI is InChI=1S/C24H18BCl/c26-24-18-16-23(17-19-24)25(20-10-4-1-5-11-20,21-12-6-2-7-13-21)22-14-8-3-9-15-22/h1-8,10-19H. The molecule has 0 radical (unpaired) electrons. The fourth-order valence-corrected chi connectivity index (χ4v) is 4.19. The first kappa shape index (κ1) is 16.6. The van der Waals surface area contributed by atoms with Gasteiger partial charge in [0.15, 0.2) is 6.15 Å². The third-order valence-electron chi connectivity index (χ3n) is 5.20. The smallest absolute Gasteiger partial charge is 0.171 e. The van der Waals surface area contributed by atoms with Gasteiger partial charge in [-0.2, -0.15) is 16.4 Å². The van der Waals surface area contributed by atoms with E-state index in [1.807, 2.05) is 18.2 Å². The van der Waals surface area contributed by atoms with E-state index in [1.54, 1.807) is 0 Å². The van der Waals surface area contributed by atoms with E-state index in [-0.39, 0.29) is 0 Å². The number of halogens is 1. The predicted octanol–water partition coefficient (Wildman–Crippen LogP) is 4.20. The van der Waals surface area contributed by atoms with E-state index < -0.39 is 6.15 Å².